The van der Waals surface area contributed by atoms with Gasteiger partial charge in [0.2, 0.25) is 11.8 Å². The Morgan fingerprint density at radius 3 is 2.81 bits per heavy atom. The van der Waals surface area contributed by atoms with E-state index in [4.69, 9.17) is 23.2 Å². The van der Waals surface area contributed by atoms with Crippen molar-refractivity contribution >= 4 is 46.8 Å². The minimum atomic E-state index is -0.521. The Hall–Kier alpha value is -0.910. The van der Waals surface area contributed by atoms with E-state index in [0.717, 1.165) is 5.56 Å². The molecule has 1 aliphatic rings. The minimum Gasteiger partial charge on any atom is -0.355 e. The SMILES string of the molecule is CCNC(=O)C(C)N1C(=O)CSC1c1ccc(Cl)c(Cl)c1. The number of hydrogen-bond donors (Lipinski definition) is 1. The average molecular weight is 347 g/mol. The number of carbonyl (C=O) groups is 2. The zero-order chi connectivity index (χ0) is 15.6. The number of thioether (sulfide) groups is 1. The second-order valence-corrected chi connectivity index (χ2v) is 6.59. The zero-order valence-electron chi connectivity index (χ0n) is 11.7. The van der Waals surface area contributed by atoms with Gasteiger partial charge in [-0.3, -0.25) is 9.59 Å². The van der Waals surface area contributed by atoms with Crippen molar-refractivity contribution in [2.45, 2.75) is 25.3 Å². The lowest BCUT2D eigenvalue weighted by Crippen LogP contribution is -2.46. The summed E-state index contributed by atoms with van der Waals surface area (Å²) >= 11 is 13.5. The molecule has 0 bridgehead atoms. The number of likely N-dealkylation sites (N-methyl/N-ethyl adjacent to an activating group) is 1. The highest BCUT2D eigenvalue weighted by molar-refractivity contribution is 8.00. The number of hydrogen-bond acceptors (Lipinski definition) is 3. The van der Waals surface area contributed by atoms with Crippen LogP contribution in [-0.4, -0.2) is 35.1 Å². The molecule has 1 aromatic carbocycles. The molecule has 0 radical (unpaired) electrons. The first-order valence-electron chi connectivity index (χ1n) is 6.61. The third-order valence-electron chi connectivity index (χ3n) is 3.28. The Morgan fingerprint density at radius 1 is 1.48 bits per heavy atom. The van der Waals surface area contributed by atoms with Gasteiger partial charge >= 0.3 is 0 Å². The van der Waals surface area contributed by atoms with E-state index in [1.54, 1.807) is 24.0 Å². The highest BCUT2D eigenvalue weighted by Crippen LogP contribution is 2.41. The molecule has 2 amide bonds. The predicted octanol–water partition coefficient (Wildman–Crippen LogP) is 3.09. The molecule has 7 heteroatoms. The first-order valence-corrected chi connectivity index (χ1v) is 8.41. The van der Waals surface area contributed by atoms with E-state index < -0.39 is 6.04 Å². The smallest absolute Gasteiger partial charge is 0.242 e. The first-order chi connectivity index (χ1) is 9.95. The maximum atomic E-state index is 12.1. The molecule has 114 valence electrons. The number of benzene rings is 1. The van der Waals surface area contributed by atoms with Crippen molar-refractivity contribution in [3.63, 3.8) is 0 Å². The second kappa shape index (κ2) is 6.90. The Balaban J connectivity index is 2.27. The molecule has 1 N–H and O–H groups in total. The number of halogens is 2. The summed E-state index contributed by atoms with van der Waals surface area (Å²) in [6.45, 7) is 4.12. The molecule has 0 spiro atoms. The molecule has 1 aromatic rings. The summed E-state index contributed by atoms with van der Waals surface area (Å²) in [5.41, 5.74) is 0.872. The second-order valence-electron chi connectivity index (χ2n) is 4.71. The number of nitrogens with one attached hydrogen (secondary N) is 1. The molecule has 1 fully saturated rings. The van der Waals surface area contributed by atoms with Gasteiger partial charge in [-0.25, -0.2) is 0 Å². The molecule has 0 aromatic heterocycles. The molecule has 0 aliphatic carbocycles. The molecular weight excluding hydrogens is 331 g/mol. The third kappa shape index (κ3) is 3.47. The van der Waals surface area contributed by atoms with E-state index >= 15 is 0 Å². The Labute approximate surface area is 138 Å². The van der Waals surface area contributed by atoms with Crippen LogP contribution in [0.3, 0.4) is 0 Å². The van der Waals surface area contributed by atoms with Gasteiger partial charge in [0.05, 0.1) is 15.8 Å². The maximum absolute atomic E-state index is 12.1. The fourth-order valence-corrected chi connectivity index (χ4v) is 3.78. The Morgan fingerprint density at radius 2 is 2.19 bits per heavy atom. The lowest BCUT2D eigenvalue weighted by atomic mass is 10.1. The van der Waals surface area contributed by atoms with Crippen LogP contribution in [0.2, 0.25) is 10.0 Å². The number of nitrogens with zero attached hydrogens (tertiary/aromatic N) is 1. The molecule has 1 saturated heterocycles. The van der Waals surface area contributed by atoms with Gasteiger partial charge < -0.3 is 10.2 Å². The van der Waals surface area contributed by atoms with Gasteiger partial charge in [-0.15, -0.1) is 11.8 Å². The summed E-state index contributed by atoms with van der Waals surface area (Å²) in [6, 6.07) is 4.77. The largest absolute Gasteiger partial charge is 0.355 e. The van der Waals surface area contributed by atoms with Crippen molar-refractivity contribution in [1.29, 1.82) is 0 Å². The standard InChI is InChI=1S/C14H16Cl2N2O2S/c1-3-17-13(20)8(2)18-12(19)7-21-14(18)9-4-5-10(15)11(16)6-9/h4-6,8,14H,3,7H2,1-2H3,(H,17,20). The van der Waals surface area contributed by atoms with Crippen molar-refractivity contribution < 1.29 is 9.59 Å². The van der Waals surface area contributed by atoms with Crippen molar-refractivity contribution in [3.8, 4) is 0 Å². The van der Waals surface area contributed by atoms with Crippen molar-refractivity contribution in [2.24, 2.45) is 0 Å². The van der Waals surface area contributed by atoms with Crippen LogP contribution in [0.25, 0.3) is 0 Å². The summed E-state index contributed by atoms with van der Waals surface area (Å²) < 4.78 is 0. The van der Waals surface area contributed by atoms with Crippen LogP contribution < -0.4 is 5.32 Å². The summed E-state index contributed by atoms with van der Waals surface area (Å²) in [7, 11) is 0. The van der Waals surface area contributed by atoms with Gasteiger partial charge in [0.25, 0.3) is 0 Å². The van der Waals surface area contributed by atoms with Crippen molar-refractivity contribution in [1.82, 2.24) is 10.2 Å². The molecule has 2 rings (SSSR count). The monoisotopic (exact) mass is 346 g/mol. The molecular formula is C14H16Cl2N2O2S. The van der Waals surface area contributed by atoms with Gasteiger partial charge in [-0.1, -0.05) is 29.3 Å². The van der Waals surface area contributed by atoms with Gasteiger partial charge in [0.15, 0.2) is 0 Å². The fraction of sp³-hybridized carbons (Fsp3) is 0.429. The van der Waals surface area contributed by atoms with Gasteiger partial charge in [-0.05, 0) is 31.5 Å². The van der Waals surface area contributed by atoms with Crippen LogP contribution in [0.4, 0.5) is 0 Å². The highest BCUT2D eigenvalue weighted by Gasteiger charge is 2.38. The van der Waals surface area contributed by atoms with E-state index in [1.807, 2.05) is 13.0 Å². The van der Waals surface area contributed by atoms with Crippen LogP contribution in [0.1, 0.15) is 24.8 Å². The van der Waals surface area contributed by atoms with Crippen LogP contribution in [-0.2, 0) is 9.59 Å². The third-order valence-corrected chi connectivity index (χ3v) is 5.25. The lowest BCUT2D eigenvalue weighted by molar-refractivity contribution is -0.137. The fourth-order valence-electron chi connectivity index (χ4n) is 2.23. The van der Waals surface area contributed by atoms with Gasteiger partial charge in [-0.2, -0.15) is 0 Å². The quantitative estimate of drug-likeness (QED) is 0.911. The predicted molar refractivity (Wildman–Crippen MR) is 86.7 cm³/mol. The molecule has 2 unspecified atom stereocenters. The first kappa shape index (κ1) is 16.5. The van der Waals surface area contributed by atoms with E-state index in [-0.39, 0.29) is 17.2 Å². The summed E-state index contributed by atoms with van der Waals surface area (Å²) in [6.07, 6.45) is 0. The highest BCUT2D eigenvalue weighted by atomic mass is 35.5. The van der Waals surface area contributed by atoms with Gasteiger partial charge in [0, 0.05) is 6.54 Å². The van der Waals surface area contributed by atoms with Gasteiger partial charge in [0.1, 0.15) is 11.4 Å². The maximum Gasteiger partial charge on any atom is 0.242 e. The number of amides is 2. The van der Waals surface area contributed by atoms with Crippen LogP contribution in [0, 0.1) is 0 Å². The van der Waals surface area contributed by atoms with Crippen LogP contribution in [0.15, 0.2) is 18.2 Å². The molecule has 21 heavy (non-hydrogen) atoms. The molecule has 0 saturated carbocycles. The molecule has 2 atom stereocenters. The Bertz CT molecular complexity index is 568. The van der Waals surface area contributed by atoms with Crippen molar-refractivity contribution in [2.75, 3.05) is 12.3 Å². The summed E-state index contributed by atoms with van der Waals surface area (Å²) in [5.74, 6) is 0.155. The van der Waals surface area contributed by atoms with Crippen LogP contribution >= 0.6 is 35.0 Å². The van der Waals surface area contributed by atoms with E-state index in [0.29, 0.717) is 22.3 Å². The minimum absolute atomic E-state index is 0.0465. The molecule has 4 nitrogen and oxygen atoms in total. The summed E-state index contributed by atoms with van der Waals surface area (Å²) in [4.78, 5) is 25.7. The lowest BCUT2D eigenvalue weighted by Gasteiger charge is -2.29. The van der Waals surface area contributed by atoms with E-state index in [9.17, 15) is 9.59 Å². The normalized spacial score (nSPS) is 19.7. The topological polar surface area (TPSA) is 49.4 Å². The zero-order valence-corrected chi connectivity index (χ0v) is 14.1. The number of carbonyl (C=O) groups excluding carboxylic acids is 2. The van der Waals surface area contributed by atoms with E-state index in [2.05, 4.69) is 5.32 Å². The van der Waals surface area contributed by atoms with Crippen molar-refractivity contribution in [3.05, 3.63) is 33.8 Å². The summed E-state index contributed by atoms with van der Waals surface area (Å²) in [5, 5.41) is 3.44. The van der Waals surface area contributed by atoms with E-state index in [1.165, 1.54) is 11.8 Å². The molecule has 1 heterocycles. The molecule has 1 aliphatic heterocycles. The van der Waals surface area contributed by atoms with Crippen LogP contribution in [0.5, 0.6) is 0 Å². The number of rotatable bonds is 4. The Kier molecular flexibility index (Phi) is 5.41. The average Bonchev–Trinajstić information content (AvgIpc) is 2.83.